The maximum Gasteiger partial charge on any atom is 0.0701 e. The molecule has 0 saturated heterocycles. The number of methoxy groups -OCH3 is 1. The van der Waals surface area contributed by atoms with Crippen LogP contribution in [0.5, 0.6) is 0 Å². The number of ether oxygens (including phenoxy) is 3. The lowest BCUT2D eigenvalue weighted by Crippen LogP contribution is -2.12. The summed E-state index contributed by atoms with van der Waals surface area (Å²) in [5.74, 6) is 0.568. The van der Waals surface area contributed by atoms with Gasteiger partial charge in [0.25, 0.3) is 0 Å². The molecule has 0 aromatic heterocycles. The van der Waals surface area contributed by atoms with Crippen molar-refractivity contribution in [2.24, 2.45) is 5.92 Å². The van der Waals surface area contributed by atoms with E-state index in [4.69, 9.17) is 14.2 Å². The molecule has 1 unspecified atom stereocenters. The number of hydrogen-bond donors (Lipinski definition) is 0. The van der Waals surface area contributed by atoms with E-state index in [0.717, 1.165) is 11.9 Å². The molecule has 0 bridgehead atoms. The Balaban J connectivity index is 2.91. The molecule has 3 nitrogen and oxygen atoms in total. The average Bonchev–Trinajstić information content (AvgIpc) is 2.16. The van der Waals surface area contributed by atoms with Gasteiger partial charge in [-0.25, -0.2) is 0 Å². The van der Waals surface area contributed by atoms with Gasteiger partial charge in [0.15, 0.2) is 0 Å². The lowest BCUT2D eigenvalue weighted by Gasteiger charge is -2.08. The van der Waals surface area contributed by atoms with Crippen LogP contribution in [-0.2, 0) is 14.2 Å². The summed E-state index contributed by atoms with van der Waals surface area (Å²) in [4.78, 5) is 0. The van der Waals surface area contributed by atoms with E-state index in [1.165, 1.54) is 0 Å². The second-order valence-electron chi connectivity index (χ2n) is 2.94. The maximum atomic E-state index is 5.37. The van der Waals surface area contributed by atoms with Crippen molar-refractivity contribution in [3.05, 3.63) is 0 Å². The Morgan fingerprint density at radius 3 is 2.31 bits per heavy atom. The number of hydrogen-bond acceptors (Lipinski definition) is 3. The van der Waals surface area contributed by atoms with Gasteiger partial charge < -0.3 is 14.2 Å². The molecule has 4 heteroatoms. The Morgan fingerprint density at radius 1 is 1.08 bits per heavy atom. The zero-order valence-electron chi connectivity index (χ0n) is 8.42. The van der Waals surface area contributed by atoms with Crippen LogP contribution in [-0.4, -0.2) is 45.5 Å². The predicted octanol–water partition coefficient (Wildman–Crippen LogP) is 1.70. The smallest absolute Gasteiger partial charge is 0.0701 e. The highest BCUT2D eigenvalue weighted by molar-refractivity contribution is 9.09. The molecule has 0 saturated carbocycles. The van der Waals surface area contributed by atoms with Gasteiger partial charge in [-0.1, -0.05) is 22.9 Å². The van der Waals surface area contributed by atoms with Gasteiger partial charge in [0.2, 0.25) is 0 Å². The van der Waals surface area contributed by atoms with E-state index in [9.17, 15) is 0 Å². The largest absolute Gasteiger partial charge is 0.382 e. The number of alkyl halides is 1. The molecule has 1 atom stereocenters. The summed E-state index contributed by atoms with van der Waals surface area (Å²) >= 11 is 3.39. The first-order valence-electron chi connectivity index (χ1n) is 4.51. The third-order valence-electron chi connectivity index (χ3n) is 1.47. The molecule has 0 radical (unpaired) electrons. The minimum Gasteiger partial charge on any atom is -0.382 e. The highest BCUT2D eigenvalue weighted by Gasteiger charge is 1.98. The number of rotatable bonds is 9. The minimum atomic E-state index is 0.568. The van der Waals surface area contributed by atoms with Gasteiger partial charge in [-0.05, 0) is 5.92 Å². The van der Waals surface area contributed by atoms with Crippen LogP contribution in [0.25, 0.3) is 0 Å². The molecular formula is C9H19BrO3. The van der Waals surface area contributed by atoms with E-state index in [2.05, 4.69) is 22.9 Å². The summed E-state index contributed by atoms with van der Waals surface area (Å²) in [6.45, 7) is 5.55. The molecule has 0 rings (SSSR count). The van der Waals surface area contributed by atoms with Crippen molar-refractivity contribution in [1.82, 2.24) is 0 Å². The Hall–Kier alpha value is 0.360. The molecule has 0 aromatic carbocycles. The summed E-state index contributed by atoms with van der Waals surface area (Å²) in [7, 11) is 1.66. The lowest BCUT2D eigenvalue weighted by atomic mass is 10.2. The van der Waals surface area contributed by atoms with Crippen molar-refractivity contribution in [3.63, 3.8) is 0 Å². The van der Waals surface area contributed by atoms with Gasteiger partial charge in [-0.3, -0.25) is 0 Å². The minimum absolute atomic E-state index is 0.568. The fourth-order valence-corrected chi connectivity index (χ4v) is 0.878. The molecule has 0 N–H and O–H groups in total. The van der Waals surface area contributed by atoms with E-state index < -0.39 is 0 Å². The Bertz CT molecular complexity index is 101. The normalized spacial score (nSPS) is 13.2. The number of halogens is 1. The summed E-state index contributed by atoms with van der Waals surface area (Å²) in [6.07, 6.45) is 0. The van der Waals surface area contributed by atoms with Crippen LogP contribution in [0, 0.1) is 5.92 Å². The molecule has 0 aliphatic heterocycles. The Labute approximate surface area is 88.9 Å². The first kappa shape index (κ1) is 13.4. The van der Waals surface area contributed by atoms with Crippen LogP contribution in [0.15, 0.2) is 0 Å². The Kier molecular flexibility index (Phi) is 10.7. The highest BCUT2D eigenvalue weighted by Crippen LogP contribution is 1.99. The molecule has 0 aliphatic carbocycles. The SMILES string of the molecule is COCCOCCOCC(C)CBr. The van der Waals surface area contributed by atoms with Crippen molar-refractivity contribution in [1.29, 1.82) is 0 Å². The van der Waals surface area contributed by atoms with Gasteiger partial charge in [-0.15, -0.1) is 0 Å². The predicted molar refractivity (Wildman–Crippen MR) is 56.5 cm³/mol. The van der Waals surface area contributed by atoms with Gasteiger partial charge in [0, 0.05) is 12.4 Å². The van der Waals surface area contributed by atoms with Gasteiger partial charge in [0.05, 0.1) is 33.0 Å². The van der Waals surface area contributed by atoms with Gasteiger partial charge >= 0.3 is 0 Å². The van der Waals surface area contributed by atoms with Crippen LogP contribution in [0.1, 0.15) is 6.92 Å². The average molecular weight is 255 g/mol. The Morgan fingerprint density at radius 2 is 1.69 bits per heavy atom. The van der Waals surface area contributed by atoms with Crippen molar-refractivity contribution in [2.45, 2.75) is 6.92 Å². The van der Waals surface area contributed by atoms with E-state index in [1.54, 1.807) is 7.11 Å². The molecule has 0 aliphatic rings. The lowest BCUT2D eigenvalue weighted by molar-refractivity contribution is 0.0189. The second-order valence-corrected chi connectivity index (χ2v) is 3.59. The third kappa shape index (κ3) is 10.3. The molecule has 13 heavy (non-hydrogen) atoms. The monoisotopic (exact) mass is 254 g/mol. The van der Waals surface area contributed by atoms with Crippen LogP contribution < -0.4 is 0 Å². The van der Waals surface area contributed by atoms with Crippen molar-refractivity contribution < 1.29 is 14.2 Å². The summed E-state index contributed by atoms with van der Waals surface area (Å²) < 4.78 is 15.4. The van der Waals surface area contributed by atoms with Crippen molar-refractivity contribution in [3.8, 4) is 0 Å². The zero-order valence-corrected chi connectivity index (χ0v) is 10.0. The maximum absolute atomic E-state index is 5.37. The summed E-state index contributed by atoms with van der Waals surface area (Å²) in [6, 6.07) is 0. The van der Waals surface area contributed by atoms with Crippen LogP contribution >= 0.6 is 15.9 Å². The quantitative estimate of drug-likeness (QED) is 0.463. The van der Waals surface area contributed by atoms with Crippen LogP contribution in [0.2, 0.25) is 0 Å². The van der Waals surface area contributed by atoms with E-state index in [1.807, 2.05) is 0 Å². The molecule has 0 aromatic rings. The van der Waals surface area contributed by atoms with Crippen molar-refractivity contribution in [2.75, 3.05) is 45.5 Å². The standard InChI is InChI=1S/C9H19BrO3/c1-9(7-10)8-13-6-5-12-4-3-11-2/h9H,3-8H2,1-2H3. The van der Waals surface area contributed by atoms with E-state index in [0.29, 0.717) is 32.3 Å². The fraction of sp³-hybridized carbons (Fsp3) is 1.00. The molecule has 0 amide bonds. The molecule has 0 spiro atoms. The first-order chi connectivity index (χ1) is 6.31. The van der Waals surface area contributed by atoms with E-state index >= 15 is 0 Å². The van der Waals surface area contributed by atoms with Gasteiger partial charge in [0.1, 0.15) is 0 Å². The first-order valence-corrected chi connectivity index (χ1v) is 5.63. The van der Waals surface area contributed by atoms with Crippen LogP contribution in [0.3, 0.4) is 0 Å². The third-order valence-corrected chi connectivity index (χ3v) is 2.57. The fourth-order valence-electron chi connectivity index (χ4n) is 0.691. The van der Waals surface area contributed by atoms with Crippen LogP contribution in [0.4, 0.5) is 0 Å². The summed E-state index contributed by atoms with van der Waals surface area (Å²) in [5, 5.41) is 0.984. The van der Waals surface area contributed by atoms with Gasteiger partial charge in [-0.2, -0.15) is 0 Å². The summed E-state index contributed by atoms with van der Waals surface area (Å²) in [5.41, 5.74) is 0. The van der Waals surface area contributed by atoms with E-state index in [-0.39, 0.29) is 0 Å². The molecular weight excluding hydrogens is 236 g/mol. The topological polar surface area (TPSA) is 27.7 Å². The molecule has 0 fully saturated rings. The zero-order chi connectivity index (χ0) is 9.94. The second kappa shape index (κ2) is 10.4. The molecule has 0 heterocycles. The molecule has 80 valence electrons. The highest BCUT2D eigenvalue weighted by atomic mass is 79.9. The van der Waals surface area contributed by atoms with Crippen molar-refractivity contribution >= 4 is 15.9 Å².